The Morgan fingerprint density at radius 2 is 0.432 bits per heavy atom. The maximum absolute atomic E-state index is 2.30. The summed E-state index contributed by atoms with van der Waals surface area (Å²) in [6.45, 7) is 0. The Labute approximate surface area is 439 Å². The zero-order valence-corrected chi connectivity index (χ0v) is 42.2. The topological polar surface area (TPSA) is 0 Å². The van der Waals surface area contributed by atoms with E-state index in [1.807, 2.05) is 22.7 Å². The number of benzene rings is 12. The Hall–Kier alpha value is -8.92. The molecule has 74 heavy (non-hydrogen) atoms. The molecule has 0 spiro atoms. The molecule has 0 nitrogen and oxygen atoms in total. The van der Waals surface area contributed by atoms with Gasteiger partial charge in [-0.1, -0.05) is 218 Å². The van der Waals surface area contributed by atoms with Gasteiger partial charge in [-0.15, -0.1) is 22.7 Å². The van der Waals surface area contributed by atoms with Crippen LogP contribution in [0.1, 0.15) is 44.5 Å². The molecule has 0 saturated heterocycles. The van der Waals surface area contributed by atoms with Gasteiger partial charge in [-0.2, -0.15) is 0 Å². The lowest BCUT2D eigenvalue weighted by Gasteiger charge is -2.04. The van der Waals surface area contributed by atoms with E-state index in [0.717, 1.165) is 0 Å². The van der Waals surface area contributed by atoms with Gasteiger partial charge < -0.3 is 0 Å². The van der Waals surface area contributed by atoms with E-state index in [9.17, 15) is 0 Å². The standard InChI is InChI=1S/C38H26.C34H22S2/c1-3-7-33-25-37-21-29(17-19-35(37)23-31(33)5-1)15-13-27-9-11-28(12-10-27)14-16-30-18-20-36-24-32-6-2-4-8-34(32)26-38(36)22-30;1-3-7-31-27(5-1)29-21-25(17-19-33(29)35-31)15-13-23-9-11-24(12-10-23)14-16-26-18-20-34-30(22-26)28-6-2-4-8-32(28)36-34/h1-26H;1-22H/b2*15-13+,16-14+. The quantitative estimate of drug-likeness (QED) is 0.105. The Bertz CT molecular complexity index is 4230. The monoisotopic (exact) mass is 976 g/mol. The molecule has 0 saturated carbocycles. The van der Waals surface area contributed by atoms with Crippen molar-refractivity contribution in [1.29, 1.82) is 0 Å². The molecule has 0 atom stereocenters. The van der Waals surface area contributed by atoms with Gasteiger partial charge in [0.15, 0.2) is 0 Å². The maximum Gasteiger partial charge on any atom is 0.0355 e. The summed E-state index contributed by atoms with van der Waals surface area (Å²) >= 11 is 3.72. The van der Waals surface area contributed by atoms with Crippen molar-refractivity contribution in [3.8, 4) is 0 Å². The van der Waals surface area contributed by atoms with E-state index in [2.05, 4.69) is 291 Å². The zero-order valence-electron chi connectivity index (χ0n) is 40.5. The summed E-state index contributed by atoms with van der Waals surface area (Å²) in [4.78, 5) is 0. The minimum atomic E-state index is 1.19. The fourth-order valence-electron chi connectivity index (χ4n) is 10.0. The fraction of sp³-hybridized carbons (Fsp3) is 0. The molecular weight excluding hydrogens is 929 g/mol. The number of rotatable bonds is 8. The van der Waals surface area contributed by atoms with Crippen molar-refractivity contribution in [3.63, 3.8) is 0 Å². The van der Waals surface area contributed by atoms with Gasteiger partial charge in [0.2, 0.25) is 0 Å². The van der Waals surface area contributed by atoms with Gasteiger partial charge in [0.1, 0.15) is 0 Å². The minimum absolute atomic E-state index is 1.19. The van der Waals surface area contributed by atoms with Crippen molar-refractivity contribution in [3.05, 3.63) is 287 Å². The van der Waals surface area contributed by atoms with Crippen LogP contribution >= 0.6 is 22.7 Å². The van der Waals surface area contributed by atoms with Crippen LogP contribution in [-0.4, -0.2) is 0 Å². The van der Waals surface area contributed by atoms with E-state index in [0.29, 0.717) is 0 Å². The van der Waals surface area contributed by atoms with Crippen LogP contribution in [-0.2, 0) is 0 Å². The second kappa shape index (κ2) is 19.9. The van der Waals surface area contributed by atoms with Gasteiger partial charge in [-0.25, -0.2) is 0 Å². The summed E-state index contributed by atoms with van der Waals surface area (Å²) in [7, 11) is 0. The maximum atomic E-state index is 2.30. The molecule has 12 aromatic carbocycles. The smallest absolute Gasteiger partial charge is 0.0355 e. The number of fused-ring (bicyclic) bond motifs is 10. The van der Waals surface area contributed by atoms with Crippen LogP contribution in [0.25, 0.3) is 132 Å². The first kappa shape index (κ1) is 45.0. The molecule has 0 bridgehead atoms. The molecule has 2 heteroatoms. The van der Waals surface area contributed by atoms with Crippen molar-refractivity contribution in [2.75, 3.05) is 0 Å². The normalized spacial score (nSPS) is 12.1. The van der Waals surface area contributed by atoms with E-state index in [4.69, 9.17) is 0 Å². The molecular formula is C72H48S2. The van der Waals surface area contributed by atoms with Gasteiger partial charge in [-0.05, 0) is 160 Å². The third kappa shape index (κ3) is 9.61. The first-order valence-corrected chi connectivity index (χ1v) is 26.8. The molecule has 2 heterocycles. The summed E-state index contributed by atoms with van der Waals surface area (Å²) in [5, 5.41) is 15.6. The molecule has 0 aliphatic heterocycles. The second-order valence-electron chi connectivity index (χ2n) is 19.0. The molecule has 2 aromatic heterocycles. The van der Waals surface area contributed by atoms with E-state index in [1.54, 1.807) is 0 Å². The molecule has 0 radical (unpaired) electrons. The molecule has 14 aromatic rings. The highest BCUT2D eigenvalue weighted by Gasteiger charge is 2.07. The first-order valence-electron chi connectivity index (χ1n) is 25.2. The van der Waals surface area contributed by atoms with Crippen LogP contribution in [0.3, 0.4) is 0 Å². The lowest BCUT2D eigenvalue weighted by atomic mass is 10.0. The molecule has 0 N–H and O–H groups in total. The van der Waals surface area contributed by atoms with Gasteiger partial charge >= 0.3 is 0 Å². The molecule has 0 aliphatic carbocycles. The van der Waals surface area contributed by atoms with Crippen LogP contribution in [0.4, 0.5) is 0 Å². The van der Waals surface area contributed by atoms with Gasteiger partial charge in [0.05, 0.1) is 0 Å². The van der Waals surface area contributed by atoms with Gasteiger partial charge in [0.25, 0.3) is 0 Å². The number of hydrogen-bond acceptors (Lipinski definition) is 2. The average Bonchev–Trinajstić information content (AvgIpc) is 4.02. The molecule has 0 amide bonds. The minimum Gasteiger partial charge on any atom is -0.135 e. The predicted octanol–water partition coefficient (Wildman–Crippen LogP) is 21.4. The van der Waals surface area contributed by atoms with Crippen LogP contribution in [0.2, 0.25) is 0 Å². The van der Waals surface area contributed by atoms with Crippen molar-refractivity contribution in [1.82, 2.24) is 0 Å². The van der Waals surface area contributed by atoms with E-state index >= 15 is 0 Å². The molecule has 14 rings (SSSR count). The summed E-state index contributed by atoms with van der Waals surface area (Å²) < 4.78 is 5.38. The van der Waals surface area contributed by atoms with E-state index < -0.39 is 0 Å². The van der Waals surface area contributed by atoms with Crippen molar-refractivity contribution in [2.24, 2.45) is 0 Å². The van der Waals surface area contributed by atoms with E-state index in [-0.39, 0.29) is 0 Å². The third-order valence-electron chi connectivity index (χ3n) is 14.0. The highest BCUT2D eigenvalue weighted by Crippen LogP contribution is 2.36. The summed E-state index contributed by atoms with van der Waals surface area (Å²) in [5.41, 5.74) is 9.67. The van der Waals surface area contributed by atoms with Crippen molar-refractivity contribution in [2.45, 2.75) is 0 Å². The lowest BCUT2D eigenvalue weighted by molar-refractivity contribution is 1.62. The largest absolute Gasteiger partial charge is 0.135 e. The van der Waals surface area contributed by atoms with Crippen LogP contribution in [0.5, 0.6) is 0 Å². The van der Waals surface area contributed by atoms with Gasteiger partial charge in [-0.3, -0.25) is 0 Å². The highest BCUT2D eigenvalue weighted by atomic mass is 32.1. The Morgan fingerprint density at radius 3 is 0.811 bits per heavy atom. The van der Waals surface area contributed by atoms with E-state index in [1.165, 1.54) is 128 Å². The SMILES string of the molecule is C(=C\c1ccc2cc3ccccc3cc2c1)/c1ccc(/C=C/c2ccc3cc4ccccc4cc3c2)cc1.C(=C\c1ccc2sc3ccccc3c2c1)/c1ccc(/C=C/c2ccc3sc4ccccc4c3c2)cc1. The predicted molar refractivity (Wildman–Crippen MR) is 330 cm³/mol. The van der Waals surface area contributed by atoms with Crippen LogP contribution in [0.15, 0.2) is 243 Å². The van der Waals surface area contributed by atoms with Crippen molar-refractivity contribution < 1.29 is 0 Å². The first-order chi connectivity index (χ1) is 36.6. The van der Waals surface area contributed by atoms with Crippen molar-refractivity contribution >= 4 is 155 Å². The summed E-state index contributed by atoms with van der Waals surface area (Å²) in [6, 6.07) is 87.8. The Balaban J connectivity index is 0.000000143. The van der Waals surface area contributed by atoms with Crippen LogP contribution in [0, 0.1) is 0 Å². The molecule has 0 unspecified atom stereocenters. The summed E-state index contributed by atoms with van der Waals surface area (Å²) in [5.74, 6) is 0. The third-order valence-corrected chi connectivity index (χ3v) is 16.3. The molecule has 0 aliphatic rings. The fourth-order valence-corrected chi connectivity index (χ4v) is 12.2. The average molecular weight is 977 g/mol. The second-order valence-corrected chi connectivity index (χ2v) is 21.2. The molecule has 348 valence electrons. The summed E-state index contributed by atoms with van der Waals surface area (Å²) in [6.07, 6.45) is 17.6. The Kier molecular flexibility index (Phi) is 12.1. The lowest BCUT2D eigenvalue weighted by Crippen LogP contribution is -1.79. The Morgan fingerprint density at radius 1 is 0.176 bits per heavy atom. The van der Waals surface area contributed by atoms with Gasteiger partial charge in [0, 0.05) is 40.3 Å². The highest BCUT2D eigenvalue weighted by molar-refractivity contribution is 7.26. The number of hydrogen-bond donors (Lipinski definition) is 0. The number of thiophene rings is 2. The zero-order chi connectivity index (χ0) is 49.2. The molecule has 0 fully saturated rings. The van der Waals surface area contributed by atoms with Crippen LogP contribution < -0.4 is 0 Å².